The predicted molar refractivity (Wildman–Crippen MR) is 117 cm³/mol. The van der Waals surface area contributed by atoms with Gasteiger partial charge in [-0.1, -0.05) is 6.07 Å². The lowest BCUT2D eigenvalue weighted by Gasteiger charge is -2.41. The average Bonchev–Trinajstić information content (AvgIpc) is 3.17. The van der Waals surface area contributed by atoms with E-state index in [1.165, 1.54) is 0 Å². The van der Waals surface area contributed by atoms with Crippen molar-refractivity contribution in [2.45, 2.75) is 32.2 Å². The minimum Gasteiger partial charge on any atom is -0.493 e. The number of amides is 2. The third-order valence-corrected chi connectivity index (χ3v) is 6.27. The normalized spacial score (nSPS) is 20.1. The molecule has 2 aliphatic rings. The fourth-order valence-corrected chi connectivity index (χ4v) is 4.19. The maximum atomic E-state index is 12.7. The summed E-state index contributed by atoms with van der Waals surface area (Å²) in [6.07, 6.45) is 0.972. The summed E-state index contributed by atoms with van der Waals surface area (Å²) in [5, 5.41) is 3.07. The van der Waals surface area contributed by atoms with Gasteiger partial charge in [0.25, 0.3) is 0 Å². The average molecular weight is 434 g/mol. The molecule has 2 heterocycles. The number of benzene rings is 1. The summed E-state index contributed by atoms with van der Waals surface area (Å²) in [5.41, 5.74) is 0.917. The number of morpholine rings is 1. The quantitative estimate of drug-likeness (QED) is 0.633. The number of hydrogen-bond acceptors (Lipinski definition) is 6. The Morgan fingerprint density at radius 1 is 1.19 bits per heavy atom. The van der Waals surface area contributed by atoms with Crippen molar-refractivity contribution in [2.24, 2.45) is 5.92 Å². The van der Waals surface area contributed by atoms with Crippen LogP contribution in [-0.2, 0) is 20.7 Å². The number of ether oxygens (including phenoxy) is 3. The topological polar surface area (TPSA) is 80.3 Å². The van der Waals surface area contributed by atoms with Crippen molar-refractivity contribution in [2.75, 3.05) is 60.2 Å². The second kappa shape index (κ2) is 10.3. The van der Waals surface area contributed by atoms with Crippen molar-refractivity contribution in [3.63, 3.8) is 0 Å². The van der Waals surface area contributed by atoms with E-state index in [4.69, 9.17) is 14.2 Å². The Morgan fingerprint density at radius 3 is 2.58 bits per heavy atom. The fourth-order valence-electron chi connectivity index (χ4n) is 4.19. The Hall–Kier alpha value is -2.32. The number of rotatable bonds is 9. The molecule has 1 atom stereocenters. The molecule has 0 saturated carbocycles. The minimum absolute atomic E-state index is 0.0352. The highest BCUT2D eigenvalue weighted by Gasteiger charge is 2.35. The van der Waals surface area contributed by atoms with E-state index < -0.39 is 0 Å². The molecule has 2 aliphatic heterocycles. The second-order valence-electron chi connectivity index (χ2n) is 8.81. The van der Waals surface area contributed by atoms with Gasteiger partial charge in [0.1, 0.15) is 0 Å². The minimum atomic E-state index is -0.293. The molecule has 8 nitrogen and oxygen atoms in total. The van der Waals surface area contributed by atoms with Crippen LogP contribution in [0.5, 0.6) is 11.5 Å². The molecule has 0 unspecified atom stereocenters. The summed E-state index contributed by atoms with van der Waals surface area (Å²) < 4.78 is 16.0. The molecule has 8 heteroatoms. The maximum Gasteiger partial charge on any atom is 0.225 e. The third kappa shape index (κ3) is 5.89. The summed E-state index contributed by atoms with van der Waals surface area (Å²) in [4.78, 5) is 29.3. The van der Waals surface area contributed by atoms with Crippen molar-refractivity contribution in [3.8, 4) is 11.5 Å². The highest BCUT2D eigenvalue weighted by atomic mass is 16.5. The van der Waals surface area contributed by atoms with E-state index in [2.05, 4.69) is 24.1 Å². The second-order valence-corrected chi connectivity index (χ2v) is 8.81. The first-order chi connectivity index (χ1) is 14.8. The van der Waals surface area contributed by atoms with Gasteiger partial charge < -0.3 is 24.4 Å². The Morgan fingerprint density at radius 2 is 1.90 bits per heavy atom. The number of methoxy groups -OCH3 is 2. The summed E-state index contributed by atoms with van der Waals surface area (Å²) in [6.45, 7) is 9.06. The molecule has 31 heavy (non-hydrogen) atoms. The van der Waals surface area contributed by atoms with Gasteiger partial charge in [-0.05, 0) is 38.0 Å². The number of nitrogens with one attached hydrogen (secondary N) is 1. The van der Waals surface area contributed by atoms with Crippen LogP contribution in [0.25, 0.3) is 0 Å². The van der Waals surface area contributed by atoms with Gasteiger partial charge in [0, 0.05) is 44.7 Å². The molecule has 1 N–H and O–H groups in total. The lowest BCUT2D eigenvalue weighted by atomic mass is 10.0. The van der Waals surface area contributed by atoms with Gasteiger partial charge in [0.15, 0.2) is 11.5 Å². The molecule has 172 valence electrons. The molecule has 0 radical (unpaired) electrons. The van der Waals surface area contributed by atoms with Gasteiger partial charge in [0.2, 0.25) is 11.8 Å². The fraction of sp³-hybridized carbons (Fsp3) is 0.652. The van der Waals surface area contributed by atoms with E-state index in [0.29, 0.717) is 37.6 Å². The Balaban J connectivity index is 1.48. The highest BCUT2D eigenvalue weighted by Crippen LogP contribution is 2.28. The molecule has 0 aromatic heterocycles. The van der Waals surface area contributed by atoms with Crippen molar-refractivity contribution in [1.82, 2.24) is 15.1 Å². The predicted octanol–water partition coefficient (Wildman–Crippen LogP) is 1.32. The van der Waals surface area contributed by atoms with E-state index in [1.807, 2.05) is 18.2 Å². The molecule has 2 fully saturated rings. The maximum absolute atomic E-state index is 12.7. The van der Waals surface area contributed by atoms with Gasteiger partial charge in [-0.25, -0.2) is 0 Å². The molecule has 2 saturated heterocycles. The van der Waals surface area contributed by atoms with E-state index in [0.717, 1.165) is 31.9 Å². The van der Waals surface area contributed by atoms with Crippen molar-refractivity contribution >= 4 is 11.8 Å². The molecule has 0 spiro atoms. The lowest BCUT2D eigenvalue weighted by Crippen LogP contribution is -2.55. The number of carbonyl (C=O) groups excluding carboxylic acids is 2. The molecule has 1 aromatic rings. The third-order valence-electron chi connectivity index (χ3n) is 6.27. The number of likely N-dealkylation sites (tertiary alicyclic amines) is 1. The van der Waals surface area contributed by atoms with Gasteiger partial charge in [-0.2, -0.15) is 0 Å². The van der Waals surface area contributed by atoms with Crippen LogP contribution >= 0.6 is 0 Å². The van der Waals surface area contributed by atoms with E-state index >= 15 is 0 Å². The van der Waals surface area contributed by atoms with Crippen LogP contribution in [-0.4, -0.2) is 87.3 Å². The summed E-state index contributed by atoms with van der Waals surface area (Å²) in [5.74, 6) is 1.06. The van der Waals surface area contributed by atoms with E-state index in [9.17, 15) is 9.59 Å². The largest absolute Gasteiger partial charge is 0.493 e. The highest BCUT2D eigenvalue weighted by molar-refractivity contribution is 5.89. The lowest BCUT2D eigenvalue weighted by molar-refractivity contribution is -0.129. The summed E-state index contributed by atoms with van der Waals surface area (Å²) >= 11 is 0. The Kier molecular flexibility index (Phi) is 7.78. The van der Waals surface area contributed by atoms with Gasteiger partial charge in [-0.3, -0.25) is 14.5 Å². The molecule has 1 aromatic carbocycles. The first-order valence-corrected chi connectivity index (χ1v) is 10.9. The molecule has 0 bridgehead atoms. The van der Waals surface area contributed by atoms with Gasteiger partial charge >= 0.3 is 0 Å². The molecular weight excluding hydrogens is 398 g/mol. The molecule has 0 aliphatic carbocycles. The van der Waals surface area contributed by atoms with Crippen molar-refractivity contribution < 1.29 is 23.8 Å². The van der Waals surface area contributed by atoms with Gasteiger partial charge in [0.05, 0.1) is 33.4 Å². The standard InChI is InChI=1S/C23H35N3O5/c1-23(2,26-9-11-31-12-10-26)16-24-22(28)18-14-21(27)25(15-18)8-7-17-5-6-19(29-3)20(13-17)30-4/h5-6,13,18H,7-12,14-16H2,1-4H3,(H,24,28)/t18-/m1/s1. The Bertz CT molecular complexity index is 776. The zero-order valence-electron chi connectivity index (χ0n) is 19.1. The number of carbonyl (C=O) groups is 2. The van der Waals surface area contributed by atoms with Crippen LogP contribution in [0, 0.1) is 5.92 Å². The zero-order chi connectivity index (χ0) is 22.4. The van der Waals surface area contributed by atoms with Crippen LogP contribution in [0.3, 0.4) is 0 Å². The smallest absolute Gasteiger partial charge is 0.225 e. The van der Waals surface area contributed by atoms with Crippen LogP contribution in [0.4, 0.5) is 0 Å². The Labute approximate surface area is 184 Å². The number of hydrogen-bond donors (Lipinski definition) is 1. The first-order valence-electron chi connectivity index (χ1n) is 10.9. The van der Waals surface area contributed by atoms with Crippen LogP contribution in [0.2, 0.25) is 0 Å². The molecule has 2 amide bonds. The van der Waals surface area contributed by atoms with E-state index in [1.54, 1.807) is 19.1 Å². The number of nitrogens with zero attached hydrogens (tertiary/aromatic N) is 2. The van der Waals surface area contributed by atoms with Crippen LogP contribution in [0.1, 0.15) is 25.8 Å². The van der Waals surface area contributed by atoms with Crippen LogP contribution < -0.4 is 14.8 Å². The molecular formula is C23H35N3O5. The zero-order valence-corrected chi connectivity index (χ0v) is 19.1. The SMILES string of the molecule is COc1ccc(CCN2C[C@H](C(=O)NCC(C)(C)N3CCOCC3)CC2=O)cc1OC. The van der Waals surface area contributed by atoms with Crippen LogP contribution in [0.15, 0.2) is 18.2 Å². The van der Waals surface area contributed by atoms with Gasteiger partial charge in [-0.15, -0.1) is 0 Å². The first kappa shape index (κ1) is 23.3. The van der Waals surface area contributed by atoms with Crippen molar-refractivity contribution in [1.29, 1.82) is 0 Å². The van der Waals surface area contributed by atoms with Crippen molar-refractivity contribution in [3.05, 3.63) is 23.8 Å². The summed E-state index contributed by atoms with van der Waals surface area (Å²) in [7, 11) is 3.21. The summed E-state index contributed by atoms with van der Waals surface area (Å²) in [6, 6.07) is 5.77. The van der Waals surface area contributed by atoms with E-state index in [-0.39, 0.29) is 29.7 Å². The monoisotopic (exact) mass is 433 g/mol. The molecule has 3 rings (SSSR count).